The Balaban J connectivity index is 2.81. The topological polar surface area (TPSA) is 70.4 Å². The fourth-order valence-corrected chi connectivity index (χ4v) is 1.38. The Morgan fingerprint density at radius 2 is 2.00 bits per heavy atom. The van der Waals surface area contributed by atoms with E-state index in [1.807, 2.05) is 18.2 Å². The number of ether oxygens (including phenoxy) is 1. The molecule has 0 bridgehead atoms. The highest BCUT2D eigenvalue weighted by atomic mass is 16.6. The number of imide groups is 1. The third-order valence-electron chi connectivity index (χ3n) is 2.20. The second-order valence-electron chi connectivity index (χ2n) is 3.50. The molecule has 0 spiro atoms. The summed E-state index contributed by atoms with van der Waals surface area (Å²) in [5.41, 5.74) is 0.803. The molecule has 5 nitrogen and oxygen atoms in total. The molecule has 2 amide bonds. The Kier molecular flexibility index (Phi) is 5.39. The molecule has 0 saturated heterocycles. The van der Waals surface area contributed by atoms with E-state index in [1.54, 1.807) is 25.1 Å². The van der Waals surface area contributed by atoms with Gasteiger partial charge in [0.15, 0.2) is 0 Å². The van der Waals surface area contributed by atoms with E-state index in [4.69, 9.17) is 10.00 Å². The molecule has 1 aromatic rings. The third-order valence-corrected chi connectivity index (χ3v) is 2.20. The molecule has 0 unspecified atom stereocenters. The Morgan fingerprint density at radius 1 is 1.33 bits per heavy atom. The molecule has 5 heteroatoms. The van der Waals surface area contributed by atoms with Gasteiger partial charge >= 0.3 is 6.09 Å². The lowest BCUT2D eigenvalue weighted by Crippen LogP contribution is -2.36. The fraction of sp³-hybridized carbons (Fsp3) is 0.308. The summed E-state index contributed by atoms with van der Waals surface area (Å²) in [6.07, 6.45) is -1.06. The van der Waals surface area contributed by atoms with Crippen molar-refractivity contribution in [2.45, 2.75) is 19.9 Å². The lowest BCUT2D eigenvalue weighted by Gasteiger charge is -2.18. The summed E-state index contributed by atoms with van der Waals surface area (Å²) in [7, 11) is 0. The van der Waals surface area contributed by atoms with Crippen LogP contribution in [-0.4, -0.2) is 23.5 Å². The molecule has 1 aromatic carbocycles. The van der Waals surface area contributed by atoms with Crippen LogP contribution in [0, 0.1) is 11.3 Å². The number of carbonyl (C=O) groups is 2. The fourth-order valence-electron chi connectivity index (χ4n) is 1.38. The monoisotopic (exact) mass is 246 g/mol. The predicted octanol–water partition coefficient (Wildman–Crippen LogP) is 2.09. The molecule has 0 aliphatic carbocycles. The molecule has 0 heterocycles. The van der Waals surface area contributed by atoms with Crippen molar-refractivity contribution in [3.63, 3.8) is 0 Å². The second-order valence-corrected chi connectivity index (χ2v) is 3.50. The van der Waals surface area contributed by atoms with E-state index in [1.165, 1.54) is 0 Å². The minimum Gasteiger partial charge on any atom is -0.449 e. The van der Waals surface area contributed by atoms with Crippen LogP contribution in [0.2, 0.25) is 0 Å². The highest BCUT2D eigenvalue weighted by molar-refractivity contribution is 5.92. The number of benzene rings is 1. The summed E-state index contributed by atoms with van der Waals surface area (Å²) in [5, 5.41) is 8.51. The van der Waals surface area contributed by atoms with Crippen LogP contribution in [0.1, 0.15) is 18.9 Å². The Labute approximate surface area is 106 Å². The SMILES string of the molecule is CCOC(=O)N(Cc1ccccc1)C(=O)CC#N. The number of rotatable bonds is 4. The number of hydrogen-bond donors (Lipinski definition) is 0. The minimum atomic E-state index is -0.721. The summed E-state index contributed by atoms with van der Waals surface area (Å²) in [5.74, 6) is -0.556. The van der Waals surface area contributed by atoms with Crippen molar-refractivity contribution in [2.75, 3.05) is 6.61 Å². The van der Waals surface area contributed by atoms with Crippen LogP contribution in [0.5, 0.6) is 0 Å². The average molecular weight is 246 g/mol. The number of amides is 2. The number of hydrogen-bond acceptors (Lipinski definition) is 4. The minimum absolute atomic E-state index is 0.111. The zero-order valence-corrected chi connectivity index (χ0v) is 10.1. The van der Waals surface area contributed by atoms with E-state index in [-0.39, 0.29) is 19.6 Å². The summed E-state index contributed by atoms with van der Waals surface area (Å²) < 4.78 is 4.80. The lowest BCUT2D eigenvalue weighted by atomic mass is 10.2. The first-order chi connectivity index (χ1) is 8.69. The molecule has 0 aromatic heterocycles. The van der Waals surface area contributed by atoms with Crippen molar-refractivity contribution in [1.29, 1.82) is 5.26 Å². The first-order valence-electron chi connectivity index (χ1n) is 5.57. The molecule has 0 fully saturated rings. The van der Waals surface area contributed by atoms with Gasteiger partial charge in [-0.1, -0.05) is 30.3 Å². The van der Waals surface area contributed by atoms with Crippen molar-refractivity contribution in [3.05, 3.63) is 35.9 Å². The smallest absolute Gasteiger partial charge is 0.416 e. The Hall–Kier alpha value is -2.35. The van der Waals surface area contributed by atoms with Gasteiger partial charge in [-0.05, 0) is 12.5 Å². The van der Waals surface area contributed by atoms with Crippen LogP contribution in [-0.2, 0) is 16.1 Å². The molecule has 0 saturated carbocycles. The Bertz CT molecular complexity index is 451. The molecule has 0 aliphatic heterocycles. The lowest BCUT2D eigenvalue weighted by molar-refractivity contribution is -0.128. The van der Waals surface area contributed by atoms with E-state index in [9.17, 15) is 9.59 Å². The third kappa shape index (κ3) is 3.91. The predicted molar refractivity (Wildman–Crippen MR) is 64.2 cm³/mol. The van der Waals surface area contributed by atoms with Gasteiger partial charge in [0.2, 0.25) is 5.91 Å². The molecule has 18 heavy (non-hydrogen) atoms. The van der Waals surface area contributed by atoms with Gasteiger partial charge in [0.1, 0.15) is 6.42 Å². The van der Waals surface area contributed by atoms with E-state index in [0.717, 1.165) is 10.5 Å². The summed E-state index contributed by atoms with van der Waals surface area (Å²) in [6.45, 7) is 1.96. The number of carbonyl (C=O) groups excluding carboxylic acids is 2. The van der Waals surface area contributed by atoms with Gasteiger partial charge in [0.25, 0.3) is 0 Å². The zero-order chi connectivity index (χ0) is 13.4. The standard InChI is InChI=1S/C13H14N2O3/c1-2-18-13(17)15(12(16)8-9-14)10-11-6-4-3-5-7-11/h3-7H,2,8,10H2,1H3. The average Bonchev–Trinajstić information content (AvgIpc) is 2.37. The maximum atomic E-state index is 11.7. The van der Waals surface area contributed by atoms with Crippen LogP contribution in [0.4, 0.5) is 4.79 Å². The van der Waals surface area contributed by atoms with Crippen molar-refractivity contribution in [2.24, 2.45) is 0 Å². The molecule has 1 rings (SSSR count). The maximum absolute atomic E-state index is 11.7. The largest absolute Gasteiger partial charge is 0.449 e. The quantitative estimate of drug-likeness (QED) is 0.815. The summed E-state index contributed by atoms with van der Waals surface area (Å²) in [6, 6.07) is 10.8. The highest BCUT2D eigenvalue weighted by Crippen LogP contribution is 2.07. The maximum Gasteiger partial charge on any atom is 0.416 e. The number of nitriles is 1. The Morgan fingerprint density at radius 3 is 2.56 bits per heavy atom. The van der Waals surface area contributed by atoms with Crippen LogP contribution in [0.15, 0.2) is 30.3 Å². The second kappa shape index (κ2) is 7.07. The van der Waals surface area contributed by atoms with Crippen molar-refractivity contribution >= 4 is 12.0 Å². The molecule has 0 atom stereocenters. The van der Waals surface area contributed by atoms with Gasteiger partial charge < -0.3 is 4.74 Å². The molecule has 94 valence electrons. The first kappa shape index (κ1) is 13.7. The molecule has 0 N–H and O–H groups in total. The van der Waals surface area contributed by atoms with Crippen molar-refractivity contribution in [1.82, 2.24) is 4.90 Å². The van der Waals surface area contributed by atoms with Crippen LogP contribution < -0.4 is 0 Å². The van der Waals surface area contributed by atoms with Gasteiger partial charge in [0.05, 0.1) is 19.2 Å². The van der Waals surface area contributed by atoms with E-state index in [2.05, 4.69) is 0 Å². The van der Waals surface area contributed by atoms with E-state index in [0.29, 0.717) is 0 Å². The zero-order valence-electron chi connectivity index (χ0n) is 10.1. The van der Waals surface area contributed by atoms with E-state index >= 15 is 0 Å². The normalized spacial score (nSPS) is 9.33. The van der Waals surface area contributed by atoms with Crippen molar-refractivity contribution < 1.29 is 14.3 Å². The molecular weight excluding hydrogens is 232 g/mol. The van der Waals surface area contributed by atoms with Gasteiger partial charge in [-0.3, -0.25) is 4.79 Å². The van der Waals surface area contributed by atoms with Crippen molar-refractivity contribution in [3.8, 4) is 6.07 Å². The van der Waals surface area contributed by atoms with Gasteiger partial charge in [0, 0.05) is 0 Å². The first-order valence-corrected chi connectivity index (χ1v) is 5.57. The highest BCUT2D eigenvalue weighted by Gasteiger charge is 2.22. The van der Waals surface area contributed by atoms with Crippen LogP contribution in [0.25, 0.3) is 0 Å². The molecular formula is C13H14N2O3. The van der Waals surface area contributed by atoms with Gasteiger partial charge in [-0.25, -0.2) is 9.69 Å². The van der Waals surface area contributed by atoms with Gasteiger partial charge in [-0.2, -0.15) is 5.26 Å². The van der Waals surface area contributed by atoms with Crippen LogP contribution >= 0.6 is 0 Å². The molecule has 0 aliphatic rings. The molecule has 0 radical (unpaired) electrons. The van der Waals surface area contributed by atoms with Crippen LogP contribution in [0.3, 0.4) is 0 Å². The summed E-state index contributed by atoms with van der Waals surface area (Å²) in [4.78, 5) is 24.3. The summed E-state index contributed by atoms with van der Waals surface area (Å²) >= 11 is 0. The number of nitrogens with zero attached hydrogens (tertiary/aromatic N) is 2. The van der Waals surface area contributed by atoms with E-state index < -0.39 is 12.0 Å². The van der Waals surface area contributed by atoms with Gasteiger partial charge in [-0.15, -0.1) is 0 Å².